The highest BCUT2D eigenvalue weighted by molar-refractivity contribution is 6.28. The number of carbonyl (C=O) groups excluding carboxylic acids is 2. The molecule has 2 radical (unpaired) electrons. The van der Waals surface area contributed by atoms with E-state index in [4.69, 9.17) is 4.74 Å². The second kappa shape index (κ2) is 4.35. The molecule has 0 amide bonds. The highest BCUT2D eigenvalue weighted by atomic mass is 16.6. The van der Waals surface area contributed by atoms with Gasteiger partial charge in [-0.25, -0.2) is 0 Å². The molecule has 0 aromatic heterocycles. The van der Waals surface area contributed by atoms with Crippen molar-refractivity contribution in [2.45, 2.75) is 12.7 Å². The van der Waals surface area contributed by atoms with Gasteiger partial charge in [0.1, 0.15) is 6.61 Å². The molecule has 2 aromatic rings. The molecule has 1 heterocycles. The molecular weight excluding hydrogens is 268 g/mol. The van der Waals surface area contributed by atoms with Crippen molar-refractivity contribution in [3.63, 3.8) is 0 Å². The summed E-state index contributed by atoms with van der Waals surface area (Å²) in [5.74, 6) is -0.584. The van der Waals surface area contributed by atoms with E-state index in [1.807, 2.05) is 24.3 Å². The van der Waals surface area contributed by atoms with Crippen molar-refractivity contribution < 1.29 is 19.4 Å². The zero-order valence-electron chi connectivity index (χ0n) is 10.9. The molecule has 1 unspecified atom stereocenters. The maximum atomic E-state index is 12.6. The minimum absolute atomic E-state index is 0.0431. The molecule has 0 saturated heterocycles. The van der Waals surface area contributed by atoms with E-state index in [9.17, 15) is 14.7 Å². The van der Waals surface area contributed by atoms with Crippen LogP contribution in [0.3, 0.4) is 0 Å². The fraction of sp³-hybridized carbons (Fsp3) is 0.118. The molecular formula is C17H10O4. The van der Waals surface area contributed by atoms with Crippen LogP contribution in [0, 0.1) is 6.61 Å². The molecule has 0 spiro atoms. The van der Waals surface area contributed by atoms with Crippen LogP contribution in [-0.4, -0.2) is 23.0 Å². The van der Waals surface area contributed by atoms with E-state index in [0.29, 0.717) is 11.1 Å². The van der Waals surface area contributed by atoms with Gasteiger partial charge < -0.3 is 9.84 Å². The van der Waals surface area contributed by atoms with Gasteiger partial charge >= 0.3 is 0 Å². The van der Waals surface area contributed by atoms with Gasteiger partial charge in [0, 0.05) is 23.1 Å². The lowest BCUT2D eigenvalue weighted by atomic mass is 9.80. The van der Waals surface area contributed by atoms with E-state index < -0.39 is 6.29 Å². The number of Topliss-reactive ketones (excluding diaryl/α,β-unsaturated/α-hetero) is 2. The van der Waals surface area contributed by atoms with Gasteiger partial charge in [-0.3, -0.25) is 9.59 Å². The summed E-state index contributed by atoms with van der Waals surface area (Å²) in [6.45, 7) is 2.47. The molecule has 1 N–H and O–H groups in total. The monoisotopic (exact) mass is 278 g/mol. The third kappa shape index (κ3) is 1.70. The van der Waals surface area contributed by atoms with Crippen LogP contribution < -0.4 is 0 Å². The van der Waals surface area contributed by atoms with Crippen molar-refractivity contribution in [2.75, 3.05) is 0 Å². The van der Waals surface area contributed by atoms with Gasteiger partial charge in [0.15, 0.2) is 17.9 Å². The summed E-state index contributed by atoms with van der Waals surface area (Å²) in [7, 11) is 0. The molecule has 4 nitrogen and oxygen atoms in total. The number of ether oxygens (including phenoxy) is 1. The van der Waals surface area contributed by atoms with Crippen LogP contribution >= 0.6 is 0 Å². The van der Waals surface area contributed by atoms with Gasteiger partial charge in [-0.2, -0.15) is 0 Å². The van der Waals surface area contributed by atoms with E-state index >= 15 is 0 Å². The van der Waals surface area contributed by atoms with Crippen molar-refractivity contribution in [1.29, 1.82) is 0 Å². The van der Waals surface area contributed by atoms with E-state index in [-0.39, 0.29) is 29.1 Å². The van der Waals surface area contributed by atoms with Crippen molar-refractivity contribution in [2.24, 2.45) is 0 Å². The van der Waals surface area contributed by atoms with Gasteiger partial charge in [-0.15, -0.1) is 0 Å². The molecule has 4 heteroatoms. The van der Waals surface area contributed by atoms with Gasteiger partial charge in [-0.1, -0.05) is 24.3 Å². The van der Waals surface area contributed by atoms with Gasteiger partial charge in [0.2, 0.25) is 0 Å². The molecule has 2 aromatic carbocycles. The number of hydrogen-bond acceptors (Lipinski definition) is 4. The Morgan fingerprint density at radius 3 is 2.33 bits per heavy atom. The van der Waals surface area contributed by atoms with Gasteiger partial charge in [0.05, 0.1) is 5.57 Å². The zero-order valence-corrected chi connectivity index (χ0v) is 10.9. The Kier molecular flexibility index (Phi) is 2.58. The molecule has 4 rings (SSSR count). The van der Waals surface area contributed by atoms with Gasteiger partial charge in [0.25, 0.3) is 0 Å². The molecule has 2 aliphatic rings. The van der Waals surface area contributed by atoms with Crippen LogP contribution in [0.1, 0.15) is 27.1 Å². The maximum Gasteiger partial charge on any atom is 0.195 e. The second-order valence-corrected chi connectivity index (χ2v) is 5.09. The third-order valence-corrected chi connectivity index (χ3v) is 3.91. The number of ketones is 2. The highest BCUT2D eigenvalue weighted by Crippen LogP contribution is 2.35. The van der Waals surface area contributed by atoms with Gasteiger partial charge in [-0.05, 0) is 22.9 Å². The zero-order chi connectivity index (χ0) is 14.6. The van der Waals surface area contributed by atoms with Crippen LogP contribution in [0.25, 0.3) is 10.8 Å². The fourth-order valence-corrected chi connectivity index (χ4v) is 2.87. The van der Waals surface area contributed by atoms with Crippen molar-refractivity contribution in [3.05, 3.63) is 65.3 Å². The average Bonchev–Trinajstić information content (AvgIpc) is 2.51. The summed E-state index contributed by atoms with van der Waals surface area (Å²) in [6.07, 6.45) is -1.30. The standard InChI is InChI=1S/C17H10O4/c18-15-11-5-6-21-17(20)14(11)16(19)13-8-10-4-2-1-3-9(10)7-12(13)15/h1-4,7-8,17,20H,5H2. The Morgan fingerprint density at radius 1 is 1.05 bits per heavy atom. The molecule has 0 saturated carbocycles. The predicted molar refractivity (Wildman–Crippen MR) is 74.6 cm³/mol. The molecule has 1 aliphatic carbocycles. The van der Waals surface area contributed by atoms with Crippen LogP contribution in [0.5, 0.6) is 0 Å². The van der Waals surface area contributed by atoms with Crippen molar-refractivity contribution in [1.82, 2.24) is 0 Å². The topological polar surface area (TPSA) is 63.6 Å². The normalized spacial score (nSPS) is 21.5. The molecule has 1 aliphatic heterocycles. The minimum Gasteiger partial charge on any atom is -0.364 e. The minimum atomic E-state index is -1.41. The number of rotatable bonds is 0. The quantitative estimate of drug-likeness (QED) is 0.803. The van der Waals surface area contributed by atoms with E-state index in [1.165, 1.54) is 0 Å². The average molecular weight is 278 g/mol. The smallest absolute Gasteiger partial charge is 0.195 e. The number of aliphatic hydroxyl groups excluding tert-OH is 1. The lowest BCUT2D eigenvalue weighted by molar-refractivity contribution is -0.0487. The largest absolute Gasteiger partial charge is 0.364 e. The maximum absolute atomic E-state index is 12.6. The summed E-state index contributed by atoms with van der Waals surface area (Å²) >= 11 is 0. The number of benzene rings is 2. The molecule has 21 heavy (non-hydrogen) atoms. The lowest BCUT2D eigenvalue weighted by Gasteiger charge is -2.27. The molecule has 1 atom stereocenters. The Balaban J connectivity index is 2.00. The summed E-state index contributed by atoms with van der Waals surface area (Å²) in [6, 6.07) is 11.0. The SMILES string of the molecule is O=C1C2=C(C(=O)c3cc4ccccc4cc31)C(O)O[C]C2. The van der Waals surface area contributed by atoms with Crippen molar-refractivity contribution >= 4 is 22.3 Å². The number of carbonyl (C=O) groups is 2. The fourth-order valence-electron chi connectivity index (χ4n) is 2.87. The summed E-state index contributed by atoms with van der Waals surface area (Å²) in [5, 5.41) is 11.6. The number of aliphatic hydroxyl groups is 1. The first-order valence-corrected chi connectivity index (χ1v) is 6.58. The number of hydrogen-bond donors (Lipinski definition) is 1. The van der Waals surface area contributed by atoms with Crippen LogP contribution in [0.4, 0.5) is 0 Å². The second-order valence-electron chi connectivity index (χ2n) is 5.09. The van der Waals surface area contributed by atoms with Crippen molar-refractivity contribution in [3.8, 4) is 0 Å². The predicted octanol–water partition coefficient (Wildman–Crippen LogP) is 2.29. The molecule has 0 bridgehead atoms. The Hall–Kier alpha value is -2.30. The molecule has 0 fully saturated rings. The van der Waals surface area contributed by atoms with Crippen LogP contribution in [0.15, 0.2) is 47.5 Å². The van der Waals surface area contributed by atoms with Crippen LogP contribution in [-0.2, 0) is 4.74 Å². The van der Waals surface area contributed by atoms with E-state index in [0.717, 1.165) is 10.8 Å². The first-order valence-electron chi connectivity index (χ1n) is 6.58. The summed E-state index contributed by atoms with van der Waals surface area (Å²) in [5.41, 5.74) is 1.03. The Bertz CT molecular complexity index is 832. The third-order valence-electron chi connectivity index (χ3n) is 3.91. The van der Waals surface area contributed by atoms with E-state index in [2.05, 4.69) is 6.61 Å². The first-order chi connectivity index (χ1) is 10.2. The van der Waals surface area contributed by atoms with E-state index in [1.54, 1.807) is 12.1 Å². The highest BCUT2D eigenvalue weighted by Gasteiger charge is 2.38. The Morgan fingerprint density at radius 2 is 1.67 bits per heavy atom. The first kappa shape index (κ1) is 12.4. The lowest BCUT2D eigenvalue weighted by Crippen LogP contribution is -2.33. The summed E-state index contributed by atoms with van der Waals surface area (Å²) in [4.78, 5) is 25.1. The molecule has 102 valence electrons. The summed E-state index contributed by atoms with van der Waals surface area (Å²) < 4.78 is 4.84. The van der Waals surface area contributed by atoms with Crippen LogP contribution in [0.2, 0.25) is 0 Å². The Labute approximate surface area is 120 Å². The number of fused-ring (bicyclic) bond motifs is 2.